The van der Waals surface area contributed by atoms with E-state index in [-0.39, 0.29) is 5.41 Å². The fourth-order valence-electron chi connectivity index (χ4n) is 4.51. The lowest BCUT2D eigenvalue weighted by Crippen LogP contribution is -2.45. The van der Waals surface area contributed by atoms with Crippen molar-refractivity contribution in [1.29, 1.82) is 0 Å². The van der Waals surface area contributed by atoms with Gasteiger partial charge in [0.05, 0.1) is 23.5 Å². The largest absolute Gasteiger partial charge is 0.391 e. The molecule has 2 atom stereocenters. The van der Waals surface area contributed by atoms with Gasteiger partial charge in [0.1, 0.15) is 5.82 Å². The Bertz CT molecular complexity index is 1220. The Kier molecular flexibility index (Phi) is 5.71. The van der Waals surface area contributed by atoms with E-state index in [0.717, 1.165) is 22.5 Å². The predicted molar refractivity (Wildman–Crippen MR) is 127 cm³/mol. The summed E-state index contributed by atoms with van der Waals surface area (Å²) in [6.07, 6.45) is -0.371. The van der Waals surface area contributed by atoms with E-state index in [4.69, 9.17) is 5.73 Å². The van der Waals surface area contributed by atoms with Crippen molar-refractivity contribution in [2.24, 2.45) is 5.73 Å². The Hall–Kier alpha value is -3.65. The van der Waals surface area contributed by atoms with Crippen molar-refractivity contribution in [1.82, 2.24) is 15.1 Å². The molecule has 33 heavy (non-hydrogen) atoms. The smallest absolute Gasteiger partial charge is 0.320 e. The number of hydrogen-bond acceptors (Lipinski definition) is 4. The van der Waals surface area contributed by atoms with E-state index in [2.05, 4.69) is 15.7 Å². The van der Waals surface area contributed by atoms with Crippen LogP contribution >= 0.6 is 0 Å². The summed E-state index contributed by atoms with van der Waals surface area (Å²) in [5.74, 6) is -0.00956. The van der Waals surface area contributed by atoms with E-state index in [1.807, 2.05) is 64.1 Å². The van der Waals surface area contributed by atoms with Crippen LogP contribution in [0.3, 0.4) is 0 Å². The number of benzene rings is 2. The molecular weight excluding hydrogens is 418 g/mol. The van der Waals surface area contributed by atoms with Gasteiger partial charge in [-0.15, -0.1) is 0 Å². The van der Waals surface area contributed by atoms with E-state index >= 15 is 0 Å². The van der Waals surface area contributed by atoms with Gasteiger partial charge < -0.3 is 16.2 Å². The van der Waals surface area contributed by atoms with Gasteiger partial charge in [0.25, 0.3) is 0 Å². The number of para-hydroxylation sites is 1. The molecule has 172 valence electrons. The highest BCUT2D eigenvalue weighted by molar-refractivity contribution is 5.93. The zero-order chi connectivity index (χ0) is 23.9. The van der Waals surface area contributed by atoms with Gasteiger partial charge in [0.2, 0.25) is 5.91 Å². The van der Waals surface area contributed by atoms with Crippen molar-refractivity contribution < 1.29 is 14.7 Å². The van der Waals surface area contributed by atoms with E-state index in [1.54, 1.807) is 16.8 Å². The second-order valence-electron chi connectivity index (χ2n) is 9.20. The molecular formula is C25H29N5O3. The molecule has 0 aliphatic heterocycles. The molecule has 0 unspecified atom stereocenters. The monoisotopic (exact) mass is 447 g/mol. The first-order valence-corrected chi connectivity index (χ1v) is 10.9. The summed E-state index contributed by atoms with van der Waals surface area (Å²) in [6.45, 7) is 7.83. The third-order valence-electron chi connectivity index (χ3n) is 6.38. The van der Waals surface area contributed by atoms with E-state index < -0.39 is 24.1 Å². The van der Waals surface area contributed by atoms with Crippen molar-refractivity contribution >= 4 is 17.8 Å². The fourth-order valence-corrected chi connectivity index (χ4v) is 4.51. The third kappa shape index (κ3) is 4.21. The number of nitrogens with zero attached hydrogens (tertiary/aromatic N) is 2. The van der Waals surface area contributed by atoms with Crippen molar-refractivity contribution in [3.8, 4) is 5.69 Å². The number of carbonyl (C=O) groups is 2. The highest BCUT2D eigenvalue weighted by Crippen LogP contribution is 2.42. The van der Waals surface area contributed by atoms with Gasteiger partial charge in [0, 0.05) is 11.1 Å². The van der Waals surface area contributed by atoms with Gasteiger partial charge >= 0.3 is 6.03 Å². The molecule has 0 saturated heterocycles. The molecule has 3 amide bonds. The SMILES string of the molecule is Cc1nn(-c2ccccc2)c(NC(=O)N[C@H]2c3cc(C(N)=O)ccc3C(C)(C)C[C@@H]2O)c1C. The Labute approximate surface area is 192 Å². The first-order chi connectivity index (χ1) is 15.6. The van der Waals surface area contributed by atoms with Crippen LogP contribution in [0.1, 0.15) is 59.1 Å². The molecule has 2 aromatic carbocycles. The summed E-state index contributed by atoms with van der Waals surface area (Å²) in [5, 5.41) is 21.3. The molecule has 0 radical (unpaired) electrons. The predicted octanol–water partition coefficient (Wildman–Crippen LogP) is 3.49. The Morgan fingerprint density at radius 2 is 1.85 bits per heavy atom. The topological polar surface area (TPSA) is 122 Å². The number of anilines is 1. The number of fused-ring (bicyclic) bond motifs is 1. The zero-order valence-electron chi connectivity index (χ0n) is 19.2. The molecule has 1 heterocycles. The number of hydrogen-bond donors (Lipinski definition) is 4. The second-order valence-corrected chi connectivity index (χ2v) is 9.20. The number of nitrogens with two attached hydrogens (primary N) is 1. The van der Waals surface area contributed by atoms with Gasteiger partial charge in [-0.25, -0.2) is 9.48 Å². The summed E-state index contributed by atoms with van der Waals surface area (Å²) >= 11 is 0. The van der Waals surface area contributed by atoms with Crippen molar-refractivity contribution in [3.05, 3.63) is 76.5 Å². The van der Waals surface area contributed by atoms with Crippen LogP contribution in [0.15, 0.2) is 48.5 Å². The number of urea groups is 1. The maximum atomic E-state index is 13.1. The summed E-state index contributed by atoms with van der Waals surface area (Å²) in [4.78, 5) is 24.9. The number of aryl methyl sites for hydroxylation is 1. The second kappa shape index (κ2) is 8.37. The molecule has 1 aliphatic rings. The summed E-state index contributed by atoms with van der Waals surface area (Å²) in [5.41, 5.74) is 9.60. The molecule has 0 fully saturated rings. The number of primary amides is 1. The average Bonchev–Trinajstić information content (AvgIpc) is 3.05. The van der Waals surface area contributed by atoms with Crippen LogP contribution in [0.25, 0.3) is 5.69 Å². The minimum absolute atomic E-state index is 0.320. The number of carbonyl (C=O) groups excluding carboxylic acids is 2. The molecule has 4 rings (SSSR count). The summed E-state index contributed by atoms with van der Waals surface area (Å²) < 4.78 is 1.68. The van der Waals surface area contributed by atoms with Crippen LogP contribution in [-0.2, 0) is 5.41 Å². The van der Waals surface area contributed by atoms with Gasteiger partial charge in [-0.1, -0.05) is 38.1 Å². The van der Waals surface area contributed by atoms with E-state index in [9.17, 15) is 14.7 Å². The summed E-state index contributed by atoms with van der Waals surface area (Å²) in [7, 11) is 0. The lowest BCUT2D eigenvalue weighted by Gasteiger charge is -2.40. The van der Waals surface area contributed by atoms with E-state index in [1.165, 1.54) is 0 Å². The minimum Gasteiger partial charge on any atom is -0.391 e. The highest BCUT2D eigenvalue weighted by Gasteiger charge is 2.39. The first-order valence-electron chi connectivity index (χ1n) is 10.9. The van der Waals surface area contributed by atoms with Crippen LogP contribution in [-0.4, -0.2) is 32.9 Å². The molecule has 1 aromatic heterocycles. The molecule has 5 N–H and O–H groups in total. The standard InChI is InChI=1S/C25H29N5O3/c1-14-15(2)29-30(17-8-6-5-7-9-17)23(14)28-24(33)27-21-18-12-16(22(26)32)10-11-19(18)25(3,4)13-20(21)31/h5-12,20-21,31H,13H2,1-4H3,(H2,26,32)(H2,27,28,33)/t20-,21-/m0/s1. The number of aromatic nitrogens is 2. The maximum Gasteiger partial charge on any atom is 0.320 e. The van der Waals surface area contributed by atoms with Crippen molar-refractivity contribution in [2.45, 2.75) is 51.7 Å². The molecule has 0 spiro atoms. The molecule has 0 bridgehead atoms. The van der Waals surface area contributed by atoms with Crippen molar-refractivity contribution in [2.75, 3.05) is 5.32 Å². The third-order valence-corrected chi connectivity index (χ3v) is 6.38. The first kappa shape index (κ1) is 22.5. The van der Waals surface area contributed by atoms with Gasteiger partial charge in [-0.2, -0.15) is 5.10 Å². The minimum atomic E-state index is -0.830. The van der Waals surface area contributed by atoms with Gasteiger partial charge in [-0.05, 0) is 61.1 Å². The average molecular weight is 448 g/mol. The maximum absolute atomic E-state index is 13.1. The van der Waals surface area contributed by atoms with Crippen LogP contribution in [0.4, 0.5) is 10.6 Å². The quantitative estimate of drug-likeness (QED) is 0.489. The highest BCUT2D eigenvalue weighted by atomic mass is 16.3. The number of rotatable bonds is 4. The van der Waals surface area contributed by atoms with Crippen molar-refractivity contribution in [3.63, 3.8) is 0 Å². The fraction of sp³-hybridized carbons (Fsp3) is 0.320. The van der Waals surface area contributed by atoms with Crippen LogP contribution in [0, 0.1) is 13.8 Å². The molecule has 1 aliphatic carbocycles. The molecule has 8 heteroatoms. The number of aliphatic hydroxyl groups excluding tert-OH is 1. The summed E-state index contributed by atoms with van der Waals surface area (Å²) in [6, 6.07) is 13.6. The lowest BCUT2D eigenvalue weighted by atomic mass is 9.69. The van der Waals surface area contributed by atoms with Crippen LogP contribution in [0.2, 0.25) is 0 Å². The number of nitrogens with one attached hydrogen (secondary N) is 2. The van der Waals surface area contributed by atoms with Crippen LogP contribution < -0.4 is 16.4 Å². The van der Waals surface area contributed by atoms with E-state index in [0.29, 0.717) is 23.4 Å². The Morgan fingerprint density at radius 1 is 1.15 bits per heavy atom. The Balaban J connectivity index is 1.65. The van der Waals surface area contributed by atoms with Gasteiger partial charge in [0.15, 0.2) is 0 Å². The number of aliphatic hydroxyl groups is 1. The number of amides is 3. The lowest BCUT2D eigenvalue weighted by molar-refractivity contribution is 0.0879. The molecule has 8 nitrogen and oxygen atoms in total. The van der Waals surface area contributed by atoms with Crippen LogP contribution in [0.5, 0.6) is 0 Å². The Morgan fingerprint density at radius 3 is 2.52 bits per heavy atom. The normalized spacial score (nSPS) is 18.9. The zero-order valence-corrected chi connectivity index (χ0v) is 19.2. The molecule has 0 saturated carbocycles. The molecule has 3 aromatic rings. The van der Waals surface area contributed by atoms with Gasteiger partial charge in [-0.3, -0.25) is 10.1 Å².